The lowest BCUT2D eigenvalue weighted by molar-refractivity contribution is -0.236. The average molecular weight is 752 g/mol. The van der Waals surface area contributed by atoms with Gasteiger partial charge in [-0.3, -0.25) is 9.59 Å². The quantitative estimate of drug-likeness (QED) is 0.175. The monoisotopic (exact) mass is 751 g/mol. The van der Waals surface area contributed by atoms with Crippen molar-refractivity contribution in [2.75, 3.05) is 31.1 Å². The van der Waals surface area contributed by atoms with Crippen LogP contribution in [0, 0.1) is 62.6 Å². The van der Waals surface area contributed by atoms with Gasteiger partial charge >= 0.3 is 0 Å². The van der Waals surface area contributed by atoms with E-state index in [9.17, 15) is 18.0 Å². The first-order valence-corrected chi connectivity index (χ1v) is 22.8. The number of carbonyl (C=O) groups excluding carboxylic acids is 2. The summed E-state index contributed by atoms with van der Waals surface area (Å²) >= 11 is 0. The zero-order valence-corrected chi connectivity index (χ0v) is 34.4. The fraction of sp³-hybridized carbons (Fsp3) is 0.778. The third kappa shape index (κ3) is 6.12. The summed E-state index contributed by atoms with van der Waals surface area (Å²) in [4.78, 5) is 27.8. The molecule has 1 saturated heterocycles. The molecule has 1 aromatic rings. The van der Waals surface area contributed by atoms with Crippen LogP contribution in [-0.4, -0.2) is 62.9 Å². The molecule has 0 N–H and O–H groups in total. The van der Waals surface area contributed by atoms with Crippen LogP contribution in [0.5, 0.6) is 5.75 Å². The van der Waals surface area contributed by atoms with Crippen molar-refractivity contribution in [3.63, 3.8) is 0 Å². The first-order valence-electron chi connectivity index (χ1n) is 21.0. The Morgan fingerprint density at radius 2 is 1.60 bits per heavy atom. The molecule has 0 spiro atoms. The number of carbonyl (C=O) groups is 2. The molecule has 0 bridgehead atoms. The van der Waals surface area contributed by atoms with Crippen LogP contribution in [0.25, 0.3) is 5.57 Å². The number of ketones is 1. The number of alkyl halides is 1. The number of sulfone groups is 1. The Labute approximate surface area is 319 Å². The number of halogens is 1. The van der Waals surface area contributed by atoms with Gasteiger partial charge in [0.15, 0.2) is 9.84 Å². The third-order valence-electron chi connectivity index (χ3n) is 17.5. The Balaban J connectivity index is 1.13. The molecule has 0 unspecified atom stereocenters. The second-order valence-electron chi connectivity index (χ2n) is 20.0. The molecule has 10 atom stereocenters. The zero-order valence-electron chi connectivity index (χ0n) is 33.6. The lowest BCUT2D eigenvalue weighted by Crippen LogP contribution is -2.67. The van der Waals surface area contributed by atoms with Crippen molar-refractivity contribution < 1.29 is 27.1 Å². The van der Waals surface area contributed by atoms with Gasteiger partial charge in [0.25, 0.3) is 6.47 Å². The highest BCUT2D eigenvalue weighted by molar-refractivity contribution is 7.91. The molecular weight excluding hydrogens is 686 g/mol. The maximum absolute atomic E-state index is 17.3. The molecule has 4 saturated carbocycles. The second-order valence-corrected chi connectivity index (χ2v) is 22.3. The normalized spacial score (nSPS) is 41.7. The number of ether oxygens (including phenoxy) is 1. The van der Waals surface area contributed by atoms with Crippen LogP contribution in [0.2, 0.25) is 0 Å². The van der Waals surface area contributed by atoms with E-state index in [1.807, 2.05) is 18.2 Å². The lowest BCUT2D eigenvalue weighted by atomic mass is 9.32. The molecular formula is C45H66FNO5S. The van der Waals surface area contributed by atoms with Crippen molar-refractivity contribution in [2.45, 2.75) is 125 Å². The molecule has 1 aromatic carbocycles. The Morgan fingerprint density at radius 1 is 0.906 bits per heavy atom. The minimum absolute atomic E-state index is 0.0119. The topological polar surface area (TPSA) is 80.8 Å². The van der Waals surface area contributed by atoms with Gasteiger partial charge in [-0.2, -0.15) is 0 Å². The smallest absolute Gasteiger partial charge is 0.298 e. The number of hydrogen-bond acceptors (Lipinski definition) is 6. The fourth-order valence-electron chi connectivity index (χ4n) is 14.5. The summed E-state index contributed by atoms with van der Waals surface area (Å²) in [7, 11) is -2.89. The zero-order chi connectivity index (χ0) is 38.2. The Kier molecular flexibility index (Phi) is 10.2. The standard InChI is InChI=1S/C45H66FNO5S/c1-30(2)33-17-20-45(39(49)10-8-9-23-47-24-26-53(50,51)27-25-47)22-21-42(5)34(40(33)45)15-16-37-43(42,6)19-18-36-41(3,4)35(28-38(46)44(36,37)7)31-11-13-32(14-12-31)52-29-48/h11-14,28-30,33-34,36-38,40H,8-10,15-27H2,1-7H3/t33-,34+,36-,37-,38+,40+,42+,43+,44-,45+/m0/s1. The van der Waals surface area contributed by atoms with Crippen molar-refractivity contribution >= 4 is 27.7 Å². The van der Waals surface area contributed by atoms with Crippen LogP contribution in [0.4, 0.5) is 4.39 Å². The minimum Gasteiger partial charge on any atom is -0.429 e. The van der Waals surface area contributed by atoms with E-state index in [2.05, 4.69) is 53.4 Å². The highest BCUT2D eigenvalue weighted by Gasteiger charge is 2.72. The van der Waals surface area contributed by atoms with Crippen LogP contribution in [0.1, 0.15) is 125 Å². The van der Waals surface area contributed by atoms with Crippen LogP contribution in [0.3, 0.4) is 0 Å². The summed E-state index contributed by atoms with van der Waals surface area (Å²) < 4.78 is 46.1. The molecule has 53 heavy (non-hydrogen) atoms. The van der Waals surface area contributed by atoms with E-state index in [0.29, 0.717) is 61.2 Å². The minimum atomic E-state index is -2.89. The van der Waals surface area contributed by atoms with E-state index in [-0.39, 0.29) is 45.0 Å². The lowest BCUT2D eigenvalue weighted by Gasteiger charge is -2.72. The van der Waals surface area contributed by atoms with Gasteiger partial charge in [-0.1, -0.05) is 60.6 Å². The van der Waals surface area contributed by atoms with Gasteiger partial charge in [-0.05, 0) is 152 Å². The van der Waals surface area contributed by atoms with E-state index < -0.39 is 21.4 Å². The van der Waals surface area contributed by atoms with E-state index in [1.165, 1.54) is 0 Å². The summed E-state index contributed by atoms with van der Waals surface area (Å²) in [6.45, 7) is 19.3. The summed E-state index contributed by atoms with van der Waals surface area (Å²) in [6.07, 6.45) is 11.7. The second kappa shape index (κ2) is 13.8. The SMILES string of the molecule is CC(C)[C@@H]1CC[C@]2(C(=O)CCCCN3CCS(=O)(=O)CC3)CC[C@]3(C)[C@H](CC[C@@H]4[C@@]5(C)[C@H](F)C=C(c6ccc(OC=O)cc6)C(C)(C)[C@@H]5CC[C@]43C)[C@@H]12. The molecule has 8 heteroatoms. The molecule has 1 heterocycles. The Morgan fingerprint density at radius 3 is 2.26 bits per heavy atom. The summed E-state index contributed by atoms with van der Waals surface area (Å²) in [6, 6.07) is 7.53. The van der Waals surface area contributed by atoms with E-state index in [4.69, 9.17) is 4.74 Å². The molecule has 5 fully saturated rings. The van der Waals surface area contributed by atoms with Crippen molar-refractivity contribution in [1.82, 2.24) is 4.90 Å². The van der Waals surface area contributed by atoms with Gasteiger partial charge < -0.3 is 9.64 Å². The molecule has 0 radical (unpaired) electrons. The number of benzene rings is 1. The molecule has 294 valence electrons. The average Bonchev–Trinajstić information content (AvgIpc) is 3.51. The van der Waals surface area contributed by atoms with Crippen molar-refractivity contribution in [3.05, 3.63) is 35.9 Å². The maximum atomic E-state index is 17.3. The number of rotatable bonds is 10. The van der Waals surface area contributed by atoms with E-state index in [0.717, 1.165) is 81.9 Å². The number of hydrogen-bond donors (Lipinski definition) is 0. The van der Waals surface area contributed by atoms with Crippen LogP contribution < -0.4 is 4.74 Å². The molecule has 1 aliphatic heterocycles. The largest absolute Gasteiger partial charge is 0.429 e. The molecule has 6 nitrogen and oxygen atoms in total. The molecule has 5 aliphatic carbocycles. The number of nitrogens with zero attached hydrogens (tertiary/aromatic N) is 1. The summed E-state index contributed by atoms with van der Waals surface area (Å²) in [5.41, 5.74) is 1.15. The van der Waals surface area contributed by atoms with Crippen molar-refractivity contribution in [2.24, 2.45) is 62.6 Å². The molecule has 0 aromatic heterocycles. The number of Topliss-reactive ketones (excluding diaryl/α,β-unsaturated/α-hetero) is 1. The van der Waals surface area contributed by atoms with E-state index in [1.54, 1.807) is 12.1 Å². The summed E-state index contributed by atoms with van der Waals surface area (Å²) in [5, 5.41) is 0. The van der Waals surface area contributed by atoms with Crippen LogP contribution in [0.15, 0.2) is 30.3 Å². The van der Waals surface area contributed by atoms with Gasteiger partial charge in [-0.25, -0.2) is 12.8 Å². The van der Waals surface area contributed by atoms with Gasteiger partial charge in [0.1, 0.15) is 17.7 Å². The van der Waals surface area contributed by atoms with E-state index >= 15 is 4.39 Å². The fourth-order valence-corrected chi connectivity index (χ4v) is 15.8. The maximum Gasteiger partial charge on any atom is 0.298 e. The Hall–Kier alpha value is -2.06. The first-order chi connectivity index (χ1) is 24.9. The van der Waals surface area contributed by atoms with Gasteiger partial charge in [0.2, 0.25) is 0 Å². The molecule has 6 aliphatic rings. The Bertz CT molecular complexity index is 1690. The predicted octanol–water partition coefficient (Wildman–Crippen LogP) is 9.37. The van der Waals surface area contributed by atoms with Crippen molar-refractivity contribution in [3.8, 4) is 5.75 Å². The predicted molar refractivity (Wildman–Crippen MR) is 210 cm³/mol. The highest BCUT2D eigenvalue weighted by atomic mass is 32.2. The molecule has 7 rings (SSSR count). The van der Waals surface area contributed by atoms with Gasteiger partial charge in [0.05, 0.1) is 11.5 Å². The summed E-state index contributed by atoms with van der Waals surface area (Å²) in [5.74, 6) is 3.90. The number of unbranched alkanes of at least 4 members (excludes halogenated alkanes) is 1. The van der Waals surface area contributed by atoms with Gasteiger partial charge in [0, 0.05) is 30.3 Å². The van der Waals surface area contributed by atoms with Crippen molar-refractivity contribution in [1.29, 1.82) is 0 Å². The third-order valence-corrected chi connectivity index (χ3v) is 19.1. The van der Waals surface area contributed by atoms with Gasteiger partial charge in [-0.15, -0.1) is 0 Å². The highest BCUT2D eigenvalue weighted by Crippen LogP contribution is 2.78. The van der Waals surface area contributed by atoms with Crippen LogP contribution >= 0.6 is 0 Å². The molecule has 0 amide bonds. The first kappa shape index (κ1) is 39.2. The van der Waals surface area contributed by atoms with Crippen LogP contribution in [-0.2, 0) is 19.4 Å². The number of allylic oxidation sites excluding steroid dienone is 2. The number of fused-ring (bicyclic) bond motifs is 7.